The van der Waals surface area contributed by atoms with Crippen LogP contribution in [0.25, 0.3) is 0 Å². The minimum atomic E-state index is -0.343. The molecule has 2 aliphatic rings. The number of β-amino-alcohol motifs (C(OH)–C–C–N with tert-alkyl or cyclic N) is 1. The highest BCUT2D eigenvalue weighted by Gasteiger charge is 2.42. The van der Waals surface area contributed by atoms with Crippen molar-refractivity contribution in [2.24, 2.45) is 5.41 Å². The van der Waals surface area contributed by atoms with E-state index >= 15 is 0 Å². The van der Waals surface area contributed by atoms with Crippen LogP contribution in [-0.4, -0.2) is 63.9 Å². The fourth-order valence-electron chi connectivity index (χ4n) is 4.24. The number of nitrogens with zero attached hydrogens (tertiary/aromatic N) is 6. The molecule has 1 unspecified atom stereocenters. The summed E-state index contributed by atoms with van der Waals surface area (Å²) in [5, 5.41) is 10.5. The van der Waals surface area contributed by atoms with E-state index in [0.29, 0.717) is 19.0 Å². The van der Waals surface area contributed by atoms with Gasteiger partial charge in [-0.1, -0.05) is 0 Å². The lowest BCUT2D eigenvalue weighted by Gasteiger charge is -2.49. The van der Waals surface area contributed by atoms with Crippen LogP contribution < -0.4 is 14.5 Å². The monoisotopic (exact) mass is 370 g/mol. The second kappa shape index (κ2) is 7.64. The highest BCUT2D eigenvalue weighted by atomic mass is 16.5. The zero-order valence-electron chi connectivity index (χ0n) is 15.7. The summed E-state index contributed by atoms with van der Waals surface area (Å²) in [6.07, 6.45) is 9.36. The van der Waals surface area contributed by atoms with Crippen LogP contribution in [0.5, 0.6) is 5.88 Å². The second-order valence-electron chi connectivity index (χ2n) is 7.42. The van der Waals surface area contributed by atoms with E-state index in [2.05, 4.69) is 29.7 Å². The van der Waals surface area contributed by atoms with Crippen LogP contribution in [0.4, 0.5) is 11.8 Å². The van der Waals surface area contributed by atoms with Gasteiger partial charge in [0.05, 0.1) is 18.9 Å². The molecule has 4 heterocycles. The van der Waals surface area contributed by atoms with Crippen LogP contribution in [0.15, 0.2) is 30.9 Å². The molecule has 2 aromatic rings. The number of aliphatic hydroxyl groups is 1. The summed E-state index contributed by atoms with van der Waals surface area (Å²) in [4.78, 5) is 21.9. The number of aromatic nitrogens is 4. The lowest BCUT2D eigenvalue weighted by Crippen LogP contribution is -2.54. The summed E-state index contributed by atoms with van der Waals surface area (Å²) >= 11 is 0. The molecule has 0 radical (unpaired) electrons. The Morgan fingerprint density at radius 3 is 2.78 bits per heavy atom. The van der Waals surface area contributed by atoms with Crippen LogP contribution in [0.1, 0.15) is 26.2 Å². The van der Waals surface area contributed by atoms with Gasteiger partial charge >= 0.3 is 0 Å². The van der Waals surface area contributed by atoms with Gasteiger partial charge in [0.2, 0.25) is 11.8 Å². The van der Waals surface area contributed by atoms with Crippen LogP contribution in [0.3, 0.4) is 0 Å². The van der Waals surface area contributed by atoms with Gasteiger partial charge < -0.3 is 19.6 Å². The lowest BCUT2D eigenvalue weighted by molar-refractivity contribution is 0.0593. The number of ether oxygens (including phenoxy) is 1. The number of hydrogen-bond donors (Lipinski definition) is 1. The Hall–Kier alpha value is -2.48. The summed E-state index contributed by atoms with van der Waals surface area (Å²) in [5.41, 5.74) is 0.0865. The minimum absolute atomic E-state index is 0.0865. The Balaban J connectivity index is 1.45. The first-order valence-electron chi connectivity index (χ1n) is 9.57. The van der Waals surface area contributed by atoms with Crippen molar-refractivity contribution in [1.82, 2.24) is 19.9 Å². The van der Waals surface area contributed by atoms with Crippen molar-refractivity contribution < 1.29 is 9.84 Å². The number of piperidine rings is 2. The third kappa shape index (κ3) is 3.95. The predicted molar refractivity (Wildman–Crippen MR) is 102 cm³/mol. The molecule has 0 aromatic carbocycles. The normalized spacial score (nSPS) is 22.1. The topological polar surface area (TPSA) is 87.5 Å². The predicted octanol–water partition coefficient (Wildman–Crippen LogP) is 1.52. The molecule has 2 saturated heterocycles. The van der Waals surface area contributed by atoms with Gasteiger partial charge in [-0.05, 0) is 31.6 Å². The van der Waals surface area contributed by atoms with E-state index in [1.807, 2.05) is 6.92 Å². The molecule has 1 spiro atoms. The number of aliphatic hydroxyl groups excluding tert-OH is 1. The van der Waals surface area contributed by atoms with Crippen molar-refractivity contribution in [2.45, 2.75) is 32.3 Å². The summed E-state index contributed by atoms with van der Waals surface area (Å²) in [6, 6.07) is 1.79. The summed E-state index contributed by atoms with van der Waals surface area (Å²) in [7, 11) is 0. The molecule has 0 bridgehead atoms. The van der Waals surface area contributed by atoms with E-state index in [-0.39, 0.29) is 11.5 Å². The van der Waals surface area contributed by atoms with Crippen LogP contribution in [-0.2, 0) is 0 Å². The van der Waals surface area contributed by atoms with Gasteiger partial charge in [0.25, 0.3) is 0 Å². The second-order valence-corrected chi connectivity index (χ2v) is 7.42. The average molecular weight is 370 g/mol. The van der Waals surface area contributed by atoms with Gasteiger partial charge in [-0.3, -0.25) is 4.98 Å². The molecule has 27 heavy (non-hydrogen) atoms. The molecule has 0 aliphatic carbocycles. The van der Waals surface area contributed by atoms with E-state index in [1.165, 1.54) is 0 Å². The van der Waals surface area contributed by atoms with Gasteiger partial charge in [-0.15, -0.1) is 0 Å². The zero-order chi connectivity index (χ0) is 18.7. The van der Waals surface area contributed by atoms with Gasteiger partial charge in [0, 0.05) is 50.8 Å². The maximum absolute atomic E-state index is 10.5. The van der Waals surface area contributed by atoms with Crippen molar-refractivity contribution in [1.29, 1.82) is 0 Å². The Morgan fingerprint density at radius 2 is 2.04 bits per heavy atom. The lowest BCUT2D eigenvalue weighted by atomic mass is 9.71. The fourth-order valence-corrected chi connectivity index (χ4v) is 4.24. The molecule has 0 saturated carbocycles. The quantitative estimate of drug-likeness (QED) is 0.867. The largest absolute Gasteiger partial charge is 0.478 e. The molecule has 1 N–H and O–H groups in total. The van der Waals surface area contributed by atoms with Crippen molar-refractivity contribution >= 4 is 11.8 Å². The molecule has 1 atom stereocenters. The molecule has 4 rings (SSSR count). The molecule has 2 aromatic heterocycles. The highest BCUT2D eigenvalue weighted by Crippen LogP contribution is 2.41. The van der Waals surface area contributed by atoms with E-state index < -0.39 is 0 Å². The number of hydrogen-bond acceptors (Lipinski definition) is 8. The van der Waals surface area contributed by atoms with Crippen molar-refractivity contribution in [3.63, 3.8) is 0 Å². The Morgan fingerprint density at radius 1 is 1.19 bits per heavy atom. The van der Waals surface area contributed by atoms with Crippen molar-refractivity contribution in [3.05, 3.63) is 30.9 Å². The SMILES string of the molecule is CCOc1ccnc(N2CCC3(CC2)CC(O)CN(c2cnccn2)C3)n1. The average Bonchev–Trinajstić information content (AvgIpc) is 2.69. The number of anilines is 2. The molecule has 8 nitrogen and oxygen atoms in total. The van der Waals surface area contributed by atoms with E-state index in [0.717, 1.165) is 50.7 Å². The van der Waals surface area contributed by atoms with E-state index in [4.69, 9.17) is 4.74 Å². The minimum Gasteiger partial charge on any atom is -0.478 e. The van der Waals surface area contributed by atoms with Gasteiger partial charge in [0.1, 0.15) is 5.82 Å². The molecule has 2 fully saturated rings. The van der Waals surface area contributed by atoms with Crippen LogP contribution in [0.2, 0.25) is 0 Å². The summed E-state index contributed by atoms with van der Waals surface area (Å²) in [6.45, 7) is 5.80. The first-order valence-corrected chi connectivity index (χ1v) is 9.57. The van der Waals surface area contributed by atoms with Crippen molar-refractivity contribution in [2.75, 3.05) is 42.6 Å². The van der Waals surface area contributed by atoms with Crippen molar-refractivity contribution in [3.8, 4) is 5.88 Å². The van der Waals surface area contributed by atoms with Gasteiger partial charge in [0.15, 0.2) is 0 Å². The zero-order valence-corrected chi connectivity index (χ0v) is 15.7. The maximum Gasteiger partial charge on any atom is 0.228 e. The molecule has 0 amide bonds. The van der Waals surface area contributed by atoms with E-state index in [1.54, 1.807) is 30.9 Å². The maximum atomic E-state index is 10.5. The molecule has 2 aliphatic heterocycles. The smallest absolute Gasteiger partial charge is 0.228 e. The van der Waals surface area contributed by atoms with Crippen LogP contribution in [0, 0.1) is 5.41 Å². The Labute approximate surface area is 159 Å². The molecular weight excluding hydrogens is 344 g/mol. The summed E-state index contributed by atoms with van der Waals surface area (Å²) < 4.78 is 5.49. The molecular formula is C19H26N6O2. The van der Waals surface area contributed by atoms with Crippen LogP contribution >= 0.6 is 0 Å². The number of rotatable bonds is 4. The molecule has 8 heteroatoms. The third-order valence-corrected chi connectivity index (χ3v) is 5.52. The Bertz CT molecular complexity index is 751. The van der Waals surface area contributed by atoms with Gasteiger partial charge in [-0.2, -0.15) is 4.98 Å². The third-order valence-electron chi connectivity index (χ3n) is 5.52. The highest BCUT2D eigenvalue weighted by molar-refractivity contribution is 5.38. The first kappa shape index (κ1) is 17.9. The standard InChI is InChI=1S/C19H26N6O2/c1-2-27-17-3-6-22-18(23-17)24-9-4-19(5-10-24)11-15(26)13-25(14-19)16-12-20-7-8-21-16/h3,6-8,12,15,26H,2,4-5,9-11,13-14H2,1H3. The van der Waals surface area contributed by atoms with E-state index in [9.17, 15) is 5.11 Å². The first-order chi connectivity index (χ1) is 13.2. The Kier molecular flexibility index (Phi) is 5.07. The summed E-state index contributed by atoms with van der Waals surface area (Å²) in [5.74, 6) is 2.17. The fraction of sp³-hybridized carbons (Fsp3) is 0.579. The van der Waals surface area contributed by atoms with Gasteiger partial charge in [-0.25, -0.2) is 9.97 Å². The molecule has 144 valence electrons.